The molecule has 2 heteroatoms. The van der Waals surface area contributed by atoms with E-state index in [1.165, 1.54) is 6.54 Å². The van der Waals surface area contributed by atoms with Crippen molar-refractivity contribution in [3.63, 3.8) is 0 Å². The van der Waals surface area contributed by atoms with Crippen molar-refractivity contribution < 1.29 is 0 Å². The minimum atomic E-state index is 0.629. The van der Waals surface area contributed by atoms with Gasteiger partial charge in [-0.25, -0.2) is 0 Å². The van der Waals surface area contributed by atoms with Crippen LogP contribution in [-0.4, -0.2) is 0 Å². The molecular weight excluding hydrogens is 126 g/mol. The molecule has 0 saturated carbocycles. The molecule has 1 rings (SSSR count). The molecule has 0 unspecified atom stereocenters. The maximum absolute atomic E-state index is 9.67. The van der Waals surface area contributed by atoms with Crippen LogP contribution in [0.15, 0.2) is 35.5 Å². The summed E-state index contributed by atoms with van der Waals surface area (Å²) in [5.41, 5.74) is 1.11. The van der Waals surface area contributed by atoms with Gasteiger partial charge in [-0.2, -0.15) is 4.91 Å². The van der Waals surface area contributed by atoms with Crippen molar-refractivity contribution in [1.82, 2.24) is 0 Å². The molecule has 1 aromatic carbocycles. The summed E-state index contributed by atoms with van der Waals surface area (Å²) in [7, 11) is 0. The SMILES string of the molecule is O=N[CH]Cc1ccccc1. The van der Waals surface area contributed by atoms with Gasteiger partial charge in [-0.15, -0.1) is 0 Å². The number of nitrogens with zero attached hydrogens (tertiary/aromatic N) is 1. The molecule has 0 N–H and O–H groups in total. The van der Waals surface area contributed by atoms with Gasteiger partial charge in [0.05, 0.1) is 0 Å². The average molecular weight is 134 g/mol. The standard InChI is InChI=1S/C8H8NO/c10-9-7-6-8-4-2-1-3-5-8/h1-5,7H,6H2. The van der Waals surface area contributed by atoms with E-state index in [4.69, 9.17) is 0 Å². The Kier molecular flexibility index (Phi) is 2.62. The molecule has 0 aliphatic carbocycles. The highest BCUT2D eigenvalue weighted by molar-refractivity contribution is 5.15. The molecule has 0 saturated heterocycles. The van der Waals surface area contributed by atoms with Crippen molar-refractivity contribution in [3.8, 4) is 0 Å². The van der Waals surface area contributed by atoms with Crippen LogP contribution >= 0.6 is 0 Å². The lowest BCUT2D eigenvalue weighted by atomic mass is 10.2. The lowest BCUT2D eigenvalue weighted by Crippen LogP contribution is -1.80. The molecule has 1 radical (unpaired) electrons. The van der Waals surface area contributed by atoms with Crippen LogP contribution < -0.4 is 0 Å². The normalized spacial score (nSPS) is 9.20. The Morgan fingerprint density at radius 1 is 1.30 bits per heavy atom. The van der Waals surface area contributed by atoms with Crippen LogP contribution in [0.3, 0.4) is 0 Å². The fourth-order valence-corrected chi connectivity index (χ4v) is 0.757. The van der Waals surface area contributed by atoms with Gasteiger partial charge < -0.3 is 0 Å². The van der Waals surface area contributed by atoms with Crippen LogP contribution in [0.5, 0.6) is 0 Å². The van der Waals surface area contributed by atoms with Crippen LogP contribution in [0.1, 0.15) is 5.56 Å². The van der Waals surface area contributed by atoms with E-state index < -0.39 is 0 Å². The van der Waals surface area contributed by atoms with Crippen molar-refractivity contribution in [2.45, 2.75) is 6.42 Å². The van der Waals surface area contributed by atoms with Crippen molar-refractivity contribution in [3.05, 3.63) is 47.3 Å². The van der Waals surface area contributed by atoms with E-state index in [1.807, 2.05) is 30.3 Å². The zero-order valence-corrected chi connectivity index (χ0v) is 5.53. The van der Waals surface area contributed by atoms with E-state index in [9.17, 15) is 4.91 Å². The van der Waals surface area contributed by atoms with E-state index in [-0.39, 0.29) is 0 Å². The summed E-state index contributed by atoms with van der Waals surface area (Å²) < 4.78 is 0. The highest BCUT2D eigenvalue weighted by Gasteiger charge is 1.88. The van der Waals surface area contributed by atoms with Gasteiger partial charge in [0.2, 0.25) is 0 Å². The van der Waals surface area contributed by atoms with Crippen LogP contribution in [0.2, 0.25) is 0 Å². The summed E-state index contributed by atoms with van der Waals surface area (Å²) in [6, 6.07) is 9.74. The molecule has 0 amide bonds. The Hall–Kier alpha value is -1.18. The fourth-order valence-electron chi connectivity index (χ4n) is 0.757. The maximum Gasteiger partial charge on any atom is 0.122 e. The molecule has 0 aliphatic heterocycles. The van der Waals surface area contributed by atoms with Gasteiger partial charge in [-0.05, 0) is 5.56 Å². The summed E-state index contributed by atoms with van der Waals surface area (Å²) in [5, 5.41) is 2.66. The summed E-state index contributed by atoms with van der Waals surface area (Å²) in [6.45, 7) is 1.36. The third kappa shape index (κ3) is 1.97. The Morgan fingerprint density at radius 3 is 2.60 bits per heavy atom. The summed E-state index contributed by atoms with van der Waals surface area (Å²) in [6.07, 6.45) is 0.629. The minimum absolute atomic E-state index is 0.629. The summed E-state index contributed by atoms with van der Waals surface area (Å²) >= 11 is 0. The first kappa shape index (κ1) is 6.93. The van der Waals surface area contributed by atoms with Crippen molar-refractivity contribution in [1.29, 1.82) is 0 Å². The molecule has 0 fully saturated rings. The molecule has 0 spiro atoms. The molecule has 1 aromatic rings. The van der Waals surface area contributed by atoms with Gasteiger partial charge in [-0.1, -0.05) is 35.5 Å². The minimum Gasteiger partial charge on any atom is -0.150 e. The molecule has 2 nitrogen and oxygen atoms in total. The maximum atomic E-state index is 9.67. The smallest absolute Gasteiger partial charge is 0.122 e. The quantitative estimate of drug-likeness (QED) is 0.582. The first-order chi connectivity index (χ1) is 4.93. The third-order valence-electron chi connectivity index (χ3n) is 1.24. The first-order valence-electron chi connectivity index (χ1n) is 3.11. The summed E-state index contributed by atoms with van der Waals surface area (Å²) in [4.78, 5) is 9.67. The predicted molar refractivity (Wildman–Crippen MR) is 40.2 cm³/mol. The Morgan fingerprint density at radius 2 is 2.00 bits per heavy atom. The van der Waals surface area contributed by atoms with E-state index in [2.05, 4.69) is 5.18 Å². The largest absolute Gasteiger partial charge is 0.150 e. The van der Waals surface area contributed by atoms with Gasteiger partial charge in [0, 0.05) is 6.42 Å². The number of benzene rings is 1. The Labute approximate surface area is 59.9 Å². The van der Waals surface area contributed by atoms with Crippen LogP contribution in [0, 0.1) is 11.5 Å². The average Bonchev–Trinajstić information content (AvgIpc) is 2.03. The number of nitroso groups, excluding NO2 is 1. The molecule has 0 aliphatic rings. The molecule has 0 aromatic heterocycles. The lowest BCUT2D eigenvalue weighted by molar-refractivity contribution is 1.10. The van der Waals surface area contributed by atoms with Gasteiger partial charge >= 0.3 is 0 Å². The number of hydrogen-bond acceptors (Lipinski definition) is 2. The van der Waals surface area contributed by atoms with Crippen molar-refractivity contribution in [2.24, 2.45) is 5.18 Å². The van der Waals surface area contributed by atoms with E-state index in [1.54, 1.807) is 0 Å². The first-order valence-corrected chi connectivity index (χ1v) is 3.11. The van der Waals surface area contributed by atoms with E-state index in [0.29, 0.717) is 6.42 Å². The molecular formula is C8H8NO. The van der Waals surface area contributed by atoms with Crippen LogP contribution in [0.4, 0.5) is 0 Å². The lowest BCUT2D eigenvalue weighted by Gasteiger charge is -1.92. The topological polar surface area (TPSA) is 29.4 Å². The third-order valence-corrected chi connectivity index (χ3v) is 1.24. The molecule has 51 valence electrons. The van der Waals surface area contributed by atoms with Crippen molar-refractivity contribution in [2.75, 3.05) is 0 Å². The van der Waals surface area contributed by atoms with E-state index >= 15 is 0 Å². The molecule has 0 atom stereocenters. The van der Waals surface area contributed by atoms with Gasteiger partial charge in [0.25, 0.3) is 0 Å². The van der Waals surface area contributed by atoms with Gasteiger partial charge in [0.15, 0.2) is 0 Å². The monoisotopic (exact) mass is 134 g/mol. The zero-order valence-electron chi connectivity index (χ0n) is 5.53. The zero-order chi connectivity index (χ0) is 7.23. The molecule has 0 heterocycles. The second-order valence-electron chi connectivity index (χ2n) is 1.98. The molecule has 10 heavy (non-hydrogen) atoms. The predicted octanol–water partition coefficient (Wildman–Crippen LogP) is 2.16. The van der Waals surface area contributed by atoms with Crippen LogP contribution in [-0.2, 0) is 6.42 Å². The number of rotatable bonds is 3. The fraction of sp³-hybridized carbons (Fsp3) is 0.125. The van der Waals surface area contributed by atoms with Crippen LogP contribution in [0.25, 0.3) is 0 Å². The summed E-state index contributed by atoms with van der Waals surface area (Å²) in [5.74, 6) is 0. The van der Waals surface area contributed by atoms with Crippen molar-refractivity contribution >= 4 is 0 Å². The van der Waals surface area contributed by atoms with E-state index in [0.717, 1.165) is 5.56 Å². The Balaban J connectivity index is 2.50. The number of hydrogen-bond donors (Lipinski definition) is 0. The molecule has 0 bridgehead atoms. The highest BCUT2D eigenvalue weighted by atomic mass is 16.3. The Bertz CT molecular complexity index is 196. The second-order valence-corrected chi connectivity index (χ2v) is 1.98. The van der Waals surface area contributed by atoms with Gasteiger partial charge in [0.1, 0.15) is 6.54 Å². The highest BCUT2D eigenvalue weighted by Crippen LogP contribution is 2.00. The van der Waals surface area contributed by atoms with Gasteiger partial charge in [-0.3, -0.25) is 0 Å². The second kappa shape index (κ2) is 3.77.